The minimum atomic E-state index is -3.60. The minimum Gasteiger partial charge on any atom is -0.359 e. The molecule has 0 unspecified atom stereocenters. The van der Waals surface area contributed by atoms with Crippen LogP contribution in [-0.2, 0) is 14.8 Å². The molecule has 1 fully saturated rings. The number of carbonyl (C=O) groups excluding carboxylic acids is 1. The summed E-state index contributed by atoms with van der Waals surface area (Å²) in [6.45, 7) is 2.44. The average molecular weight is 387 g/mol. The monoisotopic (exact) mass is 387 g/mol. The van der Waals surface area contributed by atoms with Gasteiger partial charge in [0.1, 0.15) is 0 Å². The van der Waals surface area contributed by atoms with Gasteiger partial charge in [-0.3, -0.25) is 9.69 Å². The summed E-state index contributed by atoms with van der Waals surface area (Å²) in [6, 6.07) is 10.1. The Bertz CT molecular complexity index is 970. The van der Waals surface area contributed by atoms with Crippen molar-refractivity contribution in [3.05, 3.63) is 42.6 Å². The Morgan fingerprint density at radius 2 is 1.85 bits per heavy atom. The molecule has 2 aliphatic rings. The van der Waals surface area contributed by atoms with Crippen LogP contribution in [0.3, 0.4) is 0 Å². The van der Waals surface area contributed by atoms with Gasteiger partial charge in [0.2, 0.25) is 10.0 Å². The fourth-order valence-corrected chi connectivity index (χ4v) is 4.79. The molecule has 1 N–H and O–H groups in total. The first-order valence-electron chi connectivity index (χ1n) is 8.77. The predicted octanol–water partition coefficient (Wildman–Crippen LogP) is 1.11. The van der Waals surface area contributed by atoms with Gasteiger partial charge in [-0.15, -0.1) is 0 Å². The minimum absolute atomic E-state index is 0.111. The molecule has 0 aliphatic carbocycles. The van der Waals surface area contributed by atoms with E-state index in [1.165, 1.54) is 9.21 Å². The maximum Gasteiger partial charge on any atom is 0.251 e. The first-order valence-corrected chi connectivity index (χ1v) is 10.2. The molecule has 0 radical (unpaired) electrons. The fourth-order valence-electron chi connectivity index (χ4n) is 3.33. The Morgan fingerprint density at radius 3 is 2.63 bits per heavy atom. The summed E-state index contributed by atoms with van der Waals surface area (Å²) in [5.74, 6) is 0.439. The average Bonchev–Trinajstić information content (AvgIpc) is 2.68. The first kappa shape index (κ1) is 17.9. The van der Waals surface area contributed by atoms with Crippen LogP contribution in [-0.4, -0.2) is 68.3 Å². The number of hydrogen-bond donors (Lipinski definition) is 1. The molecule has 0 spiro atoms. The van der Waals surface area contributed by atoms with Crippen LogP contribution >= 0.6 is 0 Å². The van der Waals surface area contributed by atoms with Crippen molar-refractivity contribution in [2.75, 3.05) is 50.0 Å². The first-order chi connectivity index (χ1) is 13.0. The van der Waals surface area contributed by atoms with E-state index in [0.717, 1.165) is 0 Å². The van der Waals surface area contributed by atoms with E-state index < -0.39 is 10.0 Å². The molecule has 4 rings (SSSR count). The standard InChI is InChI=1S/C18H21N5O3S/c1-21-8-10-22(11-9-21)27(25,26)15-5-2-4-14(12-15)23-16-6-3-7-19-18(16)20-13-17(23)24/h2-7,12H,8-11,13H2,1H3,(H,19,20). The summed E-state index contributed by atoms with van der Waals surface area (Å²) in [7, 11) is -1.63. The highest BCUT2D eigenvalue weighted by molar-refractivity contribution is 7.89. The van der Waals surface area contributed by atoms with Crippen LogP contribution in [0.5, 0.6) is 0 Å². The third-order valence-corrected chi connectivity index (χ3v) is 6.75. The number of anilines is 3. The molecule has 27 heavy (non-hydrogen) atoms. The molecule has 142 valence electrons. The molecule has 0 saturated carbocycles. The second kappa shape index (κ2) is 6.91. The summed E-state index contributed by atoms with van der Waals surface area (Å²) in [4.78, 5) is 20.6. The highest BCUT2D eigenvalue weighted by Crippen LogP contribution is 2.34. The van der Waals surface area contributed by atoms with Crippen LogP contribution < -0.4 is 10.2 Å². The summed E-state index contributed by atoms with van der Waals surface area (Å²) in [5.41, 5.74) is 1.13. The second-order valence-electron chi connectivity index (χ2n) is 6.66. The number of hydrogen-bond acceptors (Lipinski definition) is 6. The maximum atomic E-state index is 13.0. The number of benzene rings is 1. The molecule has 2 aromatic rings. The third kappa shape index (κ3) is 3.29. The van der Waals surface area contributed by atoms with Crippen LogP contribution in [0, 0.1) is 0 Å². The van der Waals surface area contributed by atoms with Crippen molar-refractivity contribution in [2.45, 2.75) is 4.90 Å². The number of fused-ring (bicyclic) bond motifs is 1. The SMILES string of the molecule is CN1CCN(S(=O)(=O)c2cccc(N3C(=O)CNc4ncccc43)c2)CC1. The molecule has 1 aromatic heterocycles. The summed E-state index contributed by atoms with van der Waals surface area (Å²) in [5, 5.41) is 2.98. The van der Waals surface area contributed by atoms with Gasteiger partial charge in [0, 0.05) is 32.4 Å². The van der Waals surface area contributed by atoms with Crippen molar-refractivity contribution in [1.82, 2.24) is 14.2 Å². The van der Waals surface area contributed by atoms with Gasteiger partial charge >= 0.3 is 0 Å². The molecule has 1 amide bonds. The van der Waals surface area contributed by atoms with Crippen molar-refractivity contribution in [3.8, 4) is 0 Å². The van der Waals surface area contributed by atoms with E-state index in [4.69, 9.17) is 0 Å². The van der Waals surface area contributed by atoms with Gasteiger partial charge < -0.3 is 10.2 Å². The Hall–Kier alpha value is -2.49. The predicted molar refractivity (Wildman–Crippen MR) is 103 cm³/mol. The van der Waals surface area contributed by atoms with Crippen molar-refractivity contribution < 1.29 is 13.2 Å². The molecular weight excluding hydrogens is 366 g/mol. The Kier molecular flexibility index (Phi) is 4.58. The quantitative estimate of drug-likeness (QED) is 0.849. The molecular formula is C18H21N5O3S. The molecule has 8 nitrogen and oxygen atoms in total. The number of rotatable bonds is 3. The van der Waals surface area contributed by atoms with E-state index in [-0.39, 0.29) is 17.3 Å². The lowest BCUT2D eigenvalue weighted by Crippen LogP contribution is -2.47. The van der Waals surface area contributed by atoms with Crippen molar-refractivity contribution >= 4 is 33.1 Å². The molecule has 9 heteroatoms. The summed E-state index contributed by atoms with van der Waals surface area (Å²) in [6.07, 6.45) is 1.65. The van der Waals surface area contributed by atoms with Gasteiger partial charge in [0.05, 0.1) is 22.8 Å². The van der Waals surface area contributed by atoms with Crippen molar-refractivity contribution in [3.63, 3.8) is 0 Å². The lowest BCUT2D eigenvalue weighted by atomic mass is 10.2. The second-order valence-corrected chi connectivity index (χ2v) is 8.60. The number of likely N-dealkylation sites (N-methyl/N-ethyl adjacent to an activating group) is 1. The molecule has 1 aromatic carbocycles. The van der Waals surface area contributed by atoms with Gasteiger partial charge in [0.15, 0.2) is 5.82 Å². The Morgan fingerprint density at radius 1 is 1.07 bits per heavy atom. The number of nitrogens with one attached hydrogen (secondary N) is 1. The van der Waals surface area contributed by atoms with Gasteiger partial charge in [-0.2, -0.15) is 4.31 Å². The zero-order chi connectivity index (χ0) is 19.0. The number of nitrogens with zero attached hydrogens (tertiary/aromatic N) is 4. The number of sulfonamides is 1. The van der Waals surface area contributed by atoms with Gasteiger partial charge in [-0.05, 0) is 37.4 Å². The maximum absolute atomic E-state index is 13.0. The number of piperazine rings is 1. The van der Waals surface area contributed by atoms with Crippen molar-refractivity contribution in [1.29, 1.82) is 0 Å². The van der Waals surface area contributed by atoms with Crippen LogP contribution in [0.2, 0.25) is 0 Å². The normalized spacial score (nSPS) is 18.9. The number of pyridine rings is 1. The van der Waals surface area contributed by atoms with E-state index in [1.807, 2.05) is 7.05 Å². The van der Waals surface area contributed by atoms with Crippen molar-refractivity contribution in [2.24, 2.45) is 0 Å². The fraction of sp³-hybridized carbons (Fsp3) is 0.333. The lowest BCUT2D eigenvalue weighted by molar-refractivity contribution is -0.116. The summed E-state index contributed by atoms with van der Waals surface area (Å²) >= 11 is 0. The van der Waals surface area contributed by atoms with Crippen LogP contribution in [0.4, 0.5) is 17.2 Å². The van der Waals surface area contributed by atoms with Gasteiger partial charge in [0.25, 0.3) is 5.91 Å². The van der Waals surface area contributed by atoms with Crippen LogP contribution in [0.15, 0.2) is 47.5 Å². The Labute approximate surface area is 158 Å². The number of amides is 1. The largest absolute Gasteiger partial charge is 0.359 e. The molecule has 0 bridgehead atoms. The van der Waals surface area contributed by atoms with E-state index in [0.29, 0.717) is 43.4 Å². The van der Waals surface area contributed by atoms with E-state index in [1.54, 1.807) is 42.6 Å². The van der Waals surface area contributed by atoms with Crippen LogP contribution in [0.25, 0.3) is 0 Å². The van der Waals surface area contributed by atoms with E-state index in [9.17, 15) is 13.2 Å². The molecule has 3 heterocycles. The van der Waals surface area contributed by atoms with Crippen LogP contribution in [0.1, 0.15) is 0 Å². The third-order valence-electron chi connectivity index (χ3n) is 4.86. The smallest absolute Gasteiger partial charge is 0.251 e. The number of aromatic nitrogens is 1. The highest BCUT2D eigenvalue weighted by Gasteiger charge is 2.30. The highest BCUT2D eigenvalue weighted by atomic mass is 32.2. The van der Waals surface area contributed by atoms with Gasteiger partial charge in [-0.25, -0.2) is 13.4 Å². The van der Waals surface area contributed by atoms with E-state index in [2.05, 4.69) is 15.2 Å². The zero-order valence-corrected chi connectivity index (χ0v) is 15.8. The summed E-state index contributed by atoms with van der Waals surface area (Å²) < 4.78 is 27.6. The molecule has 2 aliphatic heterocycles. The van der Waals surface area contributed by atoms with Gasteiger partial charge in [-0.1, -0.05) is 6.07 Å². The topological polar surface area (TPSA) is 85.9 Å². The molecule has 1 saturated heterocycles. The lowest BCUT2D eigenvalue weighted by Gasteiger charge is -2.32. The van der Waals surface area contributed by atoms with E-state index >= 15 is 0 Å². The zero-order valence-electron chi connectivity index (χ0n) is 15.0. The number of carbonyl (C=O) groups is 1. The Balaban J connectivity index is 1.70. The molecule has 0 atom stereocenters.